The molecule has 1 saturated carbocycles. The second kappa shape index (κ2) is 8.45. The van der Waals surface area contributed by atoms with Crippen molar-refractivity contribution in [3.8, 4) is 5.82 Å². The van der Waals surface area contributed by atoms with Crippen molar-refractivity contribution < 1.29 is 0 Å². The minimum absolute atomic E-state index is 0.0459. The molecule has 4 aromatic rings. The maximum absolute atomic E-state index is 13.7. The number of aryl methyl sites for hydroxylation is 1. The second-order valence-electron chi connectivity index (χ2n) is 10.7. The van der Waals surface area contributed by atoms with E-state index >= 15 is 0 Å². The van der Waals surface area contributed by atoms with Crippen LogP contribution in [0.5, 0.6) is 0 Å². The first-order valence-corrected chi connectivity index (χ1v) is 12.7. The summed E-state index contributed by atoms with van der Waals surface area (Å²) in [6.07, 6.45) is 11.7. The molecule has 8 heteroatoms. The summed E-state index contributed by atoms with van der Waals surface area (Å²) in [6, 6.07) is 6.22. The van der Waals surface area contributed by atoms with Crippen molar-refractivity contribution in [3.63, 3.8) is 0 Å². The van der Waals surface area contributed by atoms with E-state index in [4.69, 9.17) is 0 Å². The molecule has 35 heavy (non-hydrogen) atoms. The Morgan fingerprint density at radius 3 is 2.66 bits per heavy atom. The van der Waals surface area contributed by atoms with E-state index in [-0.39, 0.29) is 11.0 Å². The number of piperidine rings is 1. The maximum atomic E-state index is 13.7. The number of nitrogens with one attached hydrogen (secondary N) is 1. The minimum atomic E-state index is -0.385. The molecule has 0 amide bonds. The summed E-state index contributed by atoms with van der Waals surface area (Å²) in [5.74, 6) is 2.02. The van der Waals surface area contributed by atoms with Gasteiger partial charge >= 0.3 is 0 Å². The Labute approximate surface area is 205 Å². The molecule has 0 aromatic carbocycles. The molecule has 0 spiro atoms. The lowest BCUT2D eigenvalue weighted by Gasteiger charge is -2.25. The van der Waals surface area contributed by atoms with Gasteiger partial charge in [0.05, 0.1) is 0 Å². The van der Waals surface area contributed by atoms with E-state index in [0.29, 0.717) is 17.3 Å². The van der Waals surface area contributed by atoms with Crippen molar-refractivity contribution >= 4 is 10.9 Å². The summed E-state index contributed by atoms with van der Waals surface area (Å²) in [5.41, 5.74) is 3.68. The van der Waals surface area contributed by atoms with E-state index in [9.17, 15) is 4.79 Å². The second-order valence-corrected chi connectivity index (χ2v) is 10.7. The van der Waals surface area contributed by atoms with E-state index < -0.39 is 0 Å². The lowest BCUT2D eigenvalue weighted by Crippen LogP contribution is -2.29. The standard InChI is InChI=1S/C27H33N7O/c1-27(2,26-31-29-17-32(26)3)19-9-10-28-23(13-19)34-16-22(18-7-8-18)21-14-20(30-24(21)25(34)35)15-33-11-5-4-6-12-33/h9-10,13-14,16-18,30H,4-8,11-12,15H2,1-3H3. The summed E-state index contributed by atoms with van der Waals surface area (Å²) < 4.78 is 3.67. The van der Waals surface area contributed by atoms with Crippen molar-refractivity contribution in [1.29, 1.82) is 0 Å². The molecule has 6 rings (SSSR count). The fraction of sp³-hybridized carbons (Fsp3) is 0.481. The smallest absolute Gasteiger partial charge is 0.280 e. The lowest BCUT2D eigenvalue weighted by molar-refractivity contribution is 0.219. The van der Waals surface area contributed by atoms with Crippen LogP contribution >= 0.6 is 0 Å². The molecule has 1 N–H and O–H groups in total. The minimum Gasteiger partial charge on any atom is -0.353 e. The highest BCUT2D eigenvalue weighted by molar-refractivity contribution is 5.84. The Kier molecular flexibility index (Phi) is 5.36. The average Bonchev–Trinajstić information content (AvgIpc) is 3.46. The Morgan fingerprint density at radius 2 is 1.94 bits per heavy atom. The van der Waals surface area contributed by atoms with Crippen LogP contribution in [-0.2, 0) is 19.0 Å². The highest BCUT2D eigenvalue weighted by Gasteiger charge is 2.30. The number of pyridine rings is 2. The van der Waals surface area contributed by atoms with E-state index in [1.54, 1.807) is 17.1 Å². The first-order valence-electron chi connectivity index (χ1n) is 12.7. The molecule has 0 atom stereocenters. The zero-order chi connectivity index (χ0) is 24.2. The normalized spacial score (nSPS) is 17.3. The number of nitrogens with zero attached hydrogens (tertiary/aromatic N) is 6. The third-order valence-electron chi connectivity index (χ3n) is 7.73. The summed E-state index contributed by atoms with van der Waals surface area (Å²) in [4.78, 5) is 24.3. The number of rotatable bonds is 6. The number of aromatic amines is 1. The Hall–Kier alpha value is -3.26. The van der Waals surface area contributed by atoms with Gasteiger partial charge in [-0.05, 0) is 87.9 Å². The van der Waals surface area contributed by atoms with Crippen LogP contribution in [0.4, 0.5) is 0 Å². The van der Waals surface area contributed by atoms with Crippen LogP contribution in [0.25, 0.3) is 16.7 Å². The molecule has 0 radical (unpaired) electrons. The summed E-state index contributed by atoms with van der Waals surface area (Å²) in [6.45, 7) is 7.38. The molecule has 2 aliphatic rings. The third kappa shape index (κ3) is 3.99. The molecule has 1 aliphatic carbocycles. The van der Waals surface area contributed by atoms with E-state index in [1.807, 2.05) is 29.9 Å². The lowest BCUT2D eigenvalue weighted by atomic mass is 9.84. The summed E-state index contributed by atoms with van der Waals surface area (Å²) in [7, 11) is 1.95. The number of fused-ring (bicyclic) bond motifs is 1. The molecule has 5 heterocycles. The quantitative estimate of drug-likeness (QED) is 0.459. The molecular weight excluding hydrogens is 438 g/mol. The van der Waals surface area contributed by atoms with Crippen molar-refractivity contribution in [2.45, 2.75) is 63.8 Å². The van der Waals surface area contributed by atoms with Gasteiger partial charge in [-0.1, -0.05) is 6.42 Å². The summed E-state index contributed by atoms with van der Waals surface area (Å²) >= 11 is 0. The molecule has 2 fully saturated rings. The van der Waals surface area contributed by atoms with Crippen LogP contribution in [0.15, 0.2) is 41.7 Å². The Bertz CT molecular complexity index is 1430. The van der Waals surface area contributed by atoms with Crippen LogP contribution in [0.1, 0.15) is 74.5 Å². The van der Waals surface area contributed by atoms with Gasteiger partial charge in [0.2, 0.25) is 0 Å². The van der Waals surface area contributed by atoms with Crippen LogP contribution in [0.3, 0.4) is 0 Å². The largest absolute Gasteiger partial charge is 0.353 e. The van der Waals surface area contributed by atoms with Gasteiger partial charge in [-0.3, -0.25) is 14.3 Å². The van der Waals surface area contributed by atoms with Crippen molar-refractivity contribution in [2.75, 3.05) is 13.1 Å². The Morgan fingerprint density at radius 1 is 1.14 bits per heavy atom. The molecule has 8 nitrogen and oxygen atoms in total. The highest BCUT2D eigenvalue weighted by atomic mass is 16.1. The number of aromatic nitrogens is 6. The molecule has 1 aliphatic heterocycles. The predicted octanol–water partition coefficient (Wildman–Crippen LogP) is 4.03. The molecule has 1 saturated heterocycles. The van der Waals surface area contributed by atoms with Gasteiger partial charge in [-0.2, -0.15) is 0 Å². The van der Waals surface area contributed by atoms with Gasteiger partial charge in [-0.25, -0.2) is 4.98 Å². The number of hydrogen-bond acceptors (Lipinski definition) is 5. The monoisotopic (exact) mass is 471 g/mol. The van der Waals surface area contributed by atoms with Crippen LogP contribution in [0.2, 0.25) is 0 Å². The summed E-state index contributed by atoms with van der Waals surface area (Å²) in [5, 5.41) is 9.47. The van der Waals surface area contributed by atoms with Crippen molar-refractivity contribution in [2.24, 2.45) is 7.05 Å². The van der Waals surface area contributed by atoms with E-state index in [0.717, 1.165) is 42.1 Å². The molecule has 0 bridgehead atoms. The molecule has 0 unspecified atom stereocenters. The number of likely N-dealkylation sites (tertiary alicyclic amines) is 1. The van der Waals surface area contributed by atoms with Gasteiger partial charge in [0.15, 0.2) is 0 Å². The third-order valence-corrected chi connectivity index (χ3v) is 7.73. The van der Waals surface area contributed by atoms with Gasteiger partial charge in [0, 0.05) is 42.5 Å². The predicted molar refractivity (Wildman–Crippen MR) is 136 cm³/mol. The van der Waals surface area contributed by atoms with Crippen LogP contribution in [0, 0.1) is 0 Å². The van der Waals surface area contributed by atoms with Gasteiger partial charge in [-0.15, -0.1) is 10.2 Å². The molecular formula is C27H33N7O. The van der Waals surface area contributed by atoms with E-state index in [1.165, 1.54) is 37.7 Å². The maximum Gasteiger partial charge on any atom is 0.280 e. The van der Waals surface area contributed by atoms with Crippen molar-refractivity contribution in [3.05, 3.63) is 69.9 Å². The Balaban J connectivity index is 1.43. The van der Waals surface area contributed by atoms with Gasteiger partial charge < -0.3 is 9.55 Å². The van der Waals surface area contributed by atoms with Crippen LogP contribution < -0.4 is 5.56 Å². The highest BCUT2D eigenvalue weighted by Crippen LogP contribution is 2.43. The number of H-pyrrole nitrogens is 1. The average molecular weight is 472 g/mol. The van der Waals surface area contributed by atoms with Gasteiger partial charge in [0.1, 0.15) is 23.5 Å². The fourth-order valence-corrected chi connectivity index (χ4v) is 5.54. The zero-order valence-electron chi connectivity index (χ0n) is 20.8. The van der Waals surface area contributed by atoms with Crippen molar-refractivity contribution in [1.82, 2.24) is 34.2 Å². The zero-order valence-corrected chi connectivity index (χ0v) is 20.8. The fourth-order valence-electron chi connectivity index (χ4n) is 5.54. The first-order chi connectivity index (χ1) is 16.9. The number of hydrogen-bond donors (Lipinski definition) is 1. The van der Waals surface area contributed by atoms with Crippen LogP contribution in [-0.4, -0.2) is 47.3 Å². The first kappa shape index (κ1) is 22.2. The SMILES string of the molecule is Cn1cnnc1C(C)(C)c1ccnc(-n2cc(C3CC3)c3cc(CN4CCCCC4)[nH]c3c2=O)c1. The van der Waals surface area contributed by atoms with E-state index in [2.05, 4.69) is 45.0 Å². The van der Waals surface area contributed by atoms with Gasteiger partial charge in [0.25, 0.3) is 5.56 Å². The molecule has 4 aromatic heterocycles. The molecule has 182 valence electrons. The topological polar surface area (TPSA) is 84.6 Å².